The zero-order valence-electron chi connectivity index (χ0n) is 11.7. The van der Waals surface area contributed by atoms with Crippen molar-refractivity contribution in [1.29, 1.82) is 0 Å². The van der Waals surface area contributed by atoms with E-state index in [0.29, 0.717) is 6.54 Å². The summed E-state index contributed by atoms with van der Waals surface area (Å²) in [4.78, 5) is 24.0. The third kappa shape index (κ3) is 4.08. The van der Waals surface area contributed by atoms with Gasteiger partial charge in [0.1, 0.15) is 5.02 Å². The minimum absolute atomic E-state index is 0.00613. The van der Waals surface area contributed by atoms with Crippen LogP contribution in [-0.4, -0.2) is 29.3 Å². The number of hydrogen-bond donors (Lipinski definition) is 0. The predicted octanol–water partition coefficient (Wildman–Crippen LogP) is 4.02. The van der Waals surface area contributed by atoms with E-state index >= 15 is 0 Å². The second kappa shape index (κ2) is 5.97. The van der Waals surface area contributed by atoms with Crippen molar-refractivity contribution in [1.82, 2.24) is 4.90 Å². The number of carbonyl (C=O) groups is 1. The van der Waals surface area contributed by atoms with E-state index in [1.807, 2.05) is 20.8 Å². The molecule has 0 N–H and O–H groups in total. The molecule has 0 saturated carbocycles. The summed E-state index contributed by atoms with van der Waals surface area (Å²) in [6.45, 7) is 6.50. The number of rotatable bonds is 3. The number of nitrogens with zero attached hydrogens (tertiary/aromatic N) is 2. The molecule has 0 fully saturated rings. The van der Waals surface area contributed by atoms with Gasteiger partial charge in [-0.15, -0.1) is 0 Å². The lowest BCUT2D eigenvalue weighted by Crippen LogP contribution is -2.34. The van der Waals surface area contributed by atoms with Crippen LogP contribution in [-0.2, 0) is 0 Å². The van der Waals surface area contributed by atoms with Crippen molar-refractivity contribution in [2.75, 3.05) is 13.6 Å². The van der Waals surface area contributed by atoms with Gasteiger partial charge in [0.05, 0.1) is 9.95 Å². The van der Waals surface area contributed by atoms with E-state index in [2.05, 4.69) is 0 Å². The number of nitro groups is 1. The average molecular weight is 319 g/mol. The Kier molecular flexibility index (Phi) is 5.00. The van der Waals surface area contributed by atoms with Gasteiger partial charge in [0.15, 0.2) is 0 Å². The number of amides is 1. The van der Waals surface area contributed by atoms with Crippen LogP contribution in [0.15, 0.2) is 12.1 Å². The van der Waals surface area contributed by atoms with E-state index in [1.54, 1.807) is 7.05 Å². The standard InChI is InChI=1S/C13H16Cl2N2O3/c1-13(2,3)7-16(4)12(18)8-5-9(14)11(15)10(6-8)17(19)20/h5-6H,7H2,1-4H3. The Balaban J connectivity index is 3.14. The molecule has 0 saturated heterocycles. The highest BCUT2D eigenvalue weighted by Crippen LogP contribution is 2.33. The average Bonchev–Trinajstić information content (AvgIpc) is 2.28. The molecule has 0 heterocycles. The molecule has 1 rings (SSSR count). The summed E-state index contributed by atoms with van der Waals surface area (Å²) < 4.78 is 0. The monoisotopic (exact) mass is 318 g/mol. The largest absolute Gasteiger partial charge is 0.341 e. The fraction of sp³-hybridized carbons (Fsp3) is 0.462. The molecule has 0 aromatic heterocycles. The van der Waals surface area contributed by atoms with Crippen molar-refractivity contribution >= 4 is 34.8 Å². The Labute approximate surface area is 127 Å². The van der Waals surface area contributed by atoms with Crippen LogP contribution in [0.1, 0.15) is 31.1 Å². The molecule has 20 heavy (non-hydrogen) atoms. The lowest BCUT2D eigenvalue weighted by Gasteiger charge is -2.26. The zero-order chi connectivity index (χ0) is 15.7. The molecule has 0 bridgehead atoms. The van der Waals surface area contributed by atoms with Crippen LogP contribution in [0, 0.1) is 15.5 Å². The van der Waals surface area contributed by atoms with Crippen LogP contribution in [0.2, 0.25) is 10.0 Å². The minimum Gasteiger partial charge on any atom is -0.341 e. The second-order valence-corrected chi connectivity index (χ2v) is 6.56. The van der Waals surface area contributed by atoms with Gasteiger partial charge in [0.25, 0.3) is 11.6 Å². The highest BCUT2D eigenvalue weighted by molar-refractivity contribution is 6.43. The quantitative estimate of drug-likeness (QED) is 0.624. The van der Waals surface area contributed by atoms with Gasteiger partial charge in [-0.25, -0.2) is 0 Å². The number of hydrogen-bond acceptors (Lipinski definition) is 3. The van der Waals surface area contributed by atoms with E-state index in [1.165, 1.54) is 11.0 Å². The fourth-order valence-corrected chi connectivity index (χ4v) is 2.23. The van der Waals surface area contributed by atoms with Gasteiger partial charge >= 0.3 is 0 Å². The molecule has 7 heteroatoms. The first-order valence-corrected chi connectivity index (χ1v) is 6.67. The molecule has 0 radical (unpaired) electrons. The van der Waals surface area contributed by atoms with Crippen LogP contribution < -0.4 is 0 Å². The van der Waals surface area contributed by atoms with E-state index in [4.69, 9.17) is 23.2 Å². The van der Waals surface area contributed by atoms with Gasteiger partial charge in [0, 0.05) is 25.2 Å². The van der Waals surface area contributed by atoms with Crippen molar-refractivity contribution in [2.45, 2.75) is 20.8 Å². The second-order valence-electron chi connectivity index (χ2n) is 5.77. The zero-order valence-corrected chi connectivity index (χ0v) is 13.2. The predicted molar refractivity (Wildman–Crippen MR) is 79.5 cm³/mol. The summed E-state index contributed by atoms with van der Waals surface area (Å²) in [5, 5.41) is 10.7. The summed E-state index contributed by atoms with van der Waals surface area (Å²) in [5.41, 5.74) is -0.295. The Bertz CT molecular complexity index is 553. The molecule has 0 spiro atoms. The molecule has 0 atom stereocenters. The van der Waals surface area contributed by atoms with Crippen LogP contribution in [0.5, 0.6) is 0 Å². The third-order valence-corrected chi connectivity index (χ3v) is 3.30. The minimum atomic E-state index is -0.658. The van der Waals surface area contributed by atoms with E-state index in [0.717, 1.165) is 6.07 Å². The SMILES string of the molecule is CN(CC(C)(C)C)C(=O)c1cc(Cl)c(Cl)c([N+](=O)[O-])c1. The molecule has 0 aliphatic rings. The summed E-state index contributed by atoms with van der Waals surface area (Å²) in [5.74, 6) is -0.332. The van der Waals surface area contributed by atoms with Crippen LogP contribution in [0.3, 0.4) is 0 Å². The van der Waals surface area contributed by atoms with Crippen molar-refractivity contribution in [3.8, 4) is 0 Å². The number of benzene rings is 1. The smallest absolute Gasteiger partial charge is 0.290 e. The molecule has 1 aromatic carbocycles. The molecule has 0 unspecified atom stereocenters. The van der Waals surface area contributed by atoms with E-state index < -0.39 is 4.92 Å². The molecule has 0 aliphatic carbocycles. The number of halogens is 2. The lowest BCUT2D eigenvalue weighted by atomic mass is 9.96. The molecular weight excluding hydrogens is 303 g/mol. The van der Waals surface area contributed by atoms with Gasteiger partial charge in [-0.05, 0) is 11.5 Å². The lowest BCUT2D eigenvalue weighted by molar-refractivity contribution is -0.384. The Morgan fingerprint density at radius 2 is 1.90 bits per heavy atom. The highest BCUT2D eigenvalue weighted by atomic mass is 35.5. The van der Waals surface area contributed by atoms with Crippen LogP contribution in [0.4, 0.5) is 5.69 Å². The molecule has 1 amide bonds. The van der Waals surface area contributed by atoms with Gasteiger partial charge in [-0.3, -0.25) is 14.9 Å². The maximum atomic E-state index is 12.3. The maximum absolute atomic E-state index is 12.3. The molecule has 1 aromatic rings. The summed E-state index contributed by atoms with van der Waals surface area (Å²) in [6, 6.07) is 2.49. The fourth-order valence-electron chi connectivity index (χ4n) is 1.83. The van der Waals surface area contributed by atoms with E-state index in [9.17, 15) is 14.9 Å². The van der Waals surface area contributed by atoms with Gasteiger partial charge in [0.2, 0.25) is 0 Å². The number of nitro benzene ring substituents is 1. The summed E-state index contributed by atoms with van der Waals surface area (Å²) in [7, 11) is 1.64. The van der Waals surface area contributed by atoms with Gasteiger partial charge in [-0.2, -0.15) is 0 Å². The number of carbonyl (C=O) groups excluding carboxylic acids is 1. The van der Waals surface area contributed by atoms with Crippen molar-refractivity contribution in [3.63, 3.8) is 0 Å². The normalized spacial score (nSPS) is 11.3. The van der Waals surface area contributed by atoms with Crippen LogP contribution in [0.25, 0.3) is 0 Å². The molecule has 110 valence electrons. The first-order valence-electron chi connectivity index (χ1n) is 5.92. The van der Waals surface area contributed by atoms with Crippen LogP contribution >= 0.6 is 23.2 Å². The van der Waals surface area contributed by atoms with Crippen molar-refractivity contribution < 1.29 is 9.72 Å². The Morgan fingerprint density at radius 1 is 1.35 bits per heavy atom. The molecule has 0 aliphatic heterocycles. The van der Waals surface area contributed by atoms with Crippen molar-refractivity contribution in [3.05, 3.63) is 37.9 Å². The topological polar surface area (TPSA) is 63.5 Å². The first-order chi connectivity index (χ1) is 9.03. The Morgan fingerprint density at radius 3 is 2.35 bits per heavy atom. The molecular formula is C13H16Cl2N2O3. The summed E-state index contributed by atoms with van der Waals surface area (Å²) >= 11 is 11.6. The van der Waals surface area contributed by atoms with Gasteiger partial charge in [-0.1, -0.05) is 44.0 Å². The highest BCUT2D eigenvalue weighted by Gasteiger charge is 2.23. The summed E-state index contributed by atoms with van der Waals surface area (Å²) in [6.07, 6.45) is 0. The maximum Gasteiger partial charge on any atom is 0.290 e. The third-order valence-electron chi connectivity index (χ3n) is 2.51. The van der Waals surface area contributed by atoms with E-state index in [-0.39, 0.29) is 32.6 Å². The first kappa shape index (κ1) is 16.7. The van der Waals surface area contributed by atoms with Gasteiger partial charge < -0.3 is 4.90 Å². The Hall–Kier alpha value is -1.33. The van der Waals surface area contributed by atoms with Crippen molar-refractivity contribution in [2.24, 2.45) is 5.41 Å². The molecule has 5 nitrogen and oxygen atoms in total.